The Hall–Kier alpha value is -0.0700. The van der Waals surface area contributed by atoms with Crippen molar-refractivity contribution < 1.29 is 9.53 Å². The van der Waals surface area contributed by atoms with Gasteiger partial charge in [0.25, 0.3) is 0 Å². The van der Waals surface area contributed by atoms with E-state index in [1.165, 1.54) is 12.8 Å². The maximum absolute atomic E-state index is 12.0. The van der Waals surface area contributed by atoms with E-state index < -0.39 is 0 Å². The van der Waals surface area contributed by atoms with Crippen molar-refractivity contribution in [1.82, 2.24) is 15.5 Å². The summed E-state index contributed by atoms with van der Waals surface area (Å²) in [6, 6.07) is 0. The summed E-state index contributed by atoms with van der Waals surface area (Å²) < 4.78 is 5.55. The van der Waals surface area contributed by atoms with E-state index in [0.717, 1.165) is 45.7 Å². The number of ether oxygens (including phenoxy) is 1. The highest BCUT2D eigenvalue weighted by molar-refractivity contribution is 5.85. The van der Waals surface area contributed by atoms with Gasteiger partial charge in [0.15, 0.2) is 0 Å². The first kappa shape index (κ1) is 20.9. The van der Waals surface area contributed by atoms with Crippen molar-refractivity contribution in [2.75, 3.05) is 45.9 Å². The summed E-state index contributed by atoms with van der Waals surface area (Å²) in [4.78, 5) is 14.3. The number of rotatable bonds is 5. The highest BCUT2D eigenvalue weighted by Gasteiger charge is 2.25. The number of likely N-dealkylation sites (N-methyl/N-ethyl adjacent to an activating group) is 1. The smallest absolute Gasteiger partial charge is 0.250 e. The molecular formula is C14H29Cl2N3O2. The zero-order valence-corrected chi connectivity index (χ0v) is 14.4. The molecule has 21 heavy (non-hydrogen) atoms. The van der Waals surface area contributed by atoms with Crippen LogP contribution >= 0.6 is 24.8 Å². The van der Waals surface area contributed by atoms with Gasteiger partial charge in [-0.25, -0.2) is 0 Å². The average molecular weight is 342 g/mol. The number of morpholine rings is 1. The number of carbonyl (C=O) groups excluding carboxylic acids is 1. The maximum atomic E-state index is 12.0. The summed E-state index contributed by atoms with van der Waals surface area (Å²) >= 11 is 0. The van der Waals surface area contributed by atoms with Crippen molar-refractivity contribution in [2.24, 2.45) is 5.92 Å². The van der Waals surface area contributed by atoms with Crippen LogP contribution in [0.2, 0.25) is 0 Å². The Morgan fingerprint density at radius 1 is 1.43 bits per heavy atom. The van der Waals surface area contributed by atoms with Crippen LogP contribution in [0.3, 0.4) is 0 Å². The third kappa shape index (κ3) is 7.15. The van der Waals surface area contributed by atoms with Crippen LogP contribution in [0.5, 0.6) is 0 Å². The summed E-state index contributed by atoms with van der Waals surface area (Å²) in [7, 11) is 0. The Morgan fingerprint density at radius 2 is 2.24 bits per heavy atom. The van der Waals surface area contributed by atoms with Crippen molar-refractivity contribution in [1.29, 1.82) is 0 Å². The van der Waals surface area contributed by atoms with Crippen LogP contribution in [0, 0.1) is 5.92 Å². The van der Waals surface area contributed by atoms with Crippen LogP contribution in [0.1, 0.15) is 26.2 Å². The summed E-state index contributed by atoms with van der Waals surface area (Å²) in [6.45, 7) is 8.46. The van der Waals surface area contributed by atoms with Gasteiger partial charge in [-0.05, 0) is 44.8 Å². The van der Waals surface area contributed by atoms with Gasteiger partial charge in [0.05, 0.1) is 6.61 Å². The van der Waals surface area contributed by atoms with E-state index in [0.29, 0.717) is 12.5 Å². The summed E-state index contributed by atoms with van der Waals surface area (Å²) in [5, 5.41) is 6.43. The highest BCUT2D eigenvalue weighted by Crippen LogP contribution is 2.13. The molecule has 0 aromatic heterocycles. The molecule has 5 nitrogen and oxygen atoms in total. The predicted octanol–water partition coefficient (Wildman–Crippen LogP) is 1.06. The molecule has 7 heteroatoms. The second kappa shape index (κ2) is 11.5. The average Bonchev–Trinajstić information content (AvgIpc) is 2.48. The van der Waals surface area contributed by atoms with Crippen molar-refractivity contribution in [2.45, 2.75) is 32.3 Å². The molecule has 2 saturated heterocycles. The molecule has 2 heterocycles. The van der Waals surface area contributed by atoms with Gasteiger partial charge in [0.1, 0.15) is 6.10 Å². The number of halogens is 2. The lowest BCUT2D eigenvalue weighted by Crippen LogP contribution is -2.50. The third-order valence-electron chi connectivity index (χ3n) is 4.14. The van der Waals surface area contributed by atoms with Gasteiger partial charge in [-0.1, -0.05) is 6.92 Å². The molecule has 2 atom stereocenters. The Labute approximate surface area is 140 Å². The molecule has 126 valence electrons. The first-order chi connectivity index (χ1) is 9.29. The molecule has 0 aromatic rings. The van der Waals surface area contributed by atoms with Crippen molar-refractivity contribution in [3.05, 3.63) is 0 Å². The molecule has 0 saturated carbocycles. The molecule has 0 bridgehead atoms. The van der Waals surface area contributed by atoms with Gasteiger partial charge in [0, 0.05) is 19.6 Å². The third-order valence-corrected chi connectivity index (χ3v) is 4.14. The minimum Gasteiger partial charge on any atom is -0.366 e. The van der Waals surface area contributed by atoms with Gasteiger partial charge in [-0.15, -0.1) is 24.8 Å². The largest absolute Gasteiger partial charge is 0.366 e. The predicted molar refractivity (Wildman–Crippen MR) is 89.6 cm³/mol. The highest BCUT2D eigenvalue weighted by atomic mass is 35.5. The molecule has 2 rings (SSSR count). The molecule has 0 radical (unpaired) electrons. The topological polar surface area (TPSA) is 53.6 Å². The van der Waals surface area contributed by atoms with Crippen molar-refractivity contribution in [3.8, 4) is 0 Å². The van der Waals surface area contributed by atoms with E-state index in [4.69, 9.17) is 4.74 Å². The minimum atomic E-state index is -0.279. The standard InChI is InChI=1S/C14H27N3O2.2ClH/c1-2-17-8-9-19-13(11-17)14(18)16-7-5-12-4-3-6-15-10-12;;/h12-13,15H,2-11H2,1H3,(H,16,18);2*1H. The second-order valence-corrected chi connectivity index (χ2v) is 5.54. The molecule has 1 amide bonds. The summed E-state index contributed by atoms with van der Waals surface area (Å²) in [5.41, 5.74) is 0. The fourth-order valence-corrected chi connectivity index (χ4v) is 2.83. The number of amides is 1. The molecular weight excluding hydrogens is 313 g/mol. The minimum absolute atomic E-state index is 0. The monoisotopic (exact) mass is 341 g/mol. The molecule has 0 aromatic carbocycles. The van der Waals surface area contributed by atoms with Crippen LogP contribution in [-0.4, -0.2) is 62.8 Å². The van der Waals surface area contributed by atoms with Gasteiger partial charge in [0.2, 0.25) is 5.91 Å². The SMILES string of the molecule is CCN1CCOC(C(=O)NCCC2CCCNC2)C1.Cl.Cl. The number of nitrogens with one attached hydrogen (secondary N) is 2. The fraction of sp³-hybridized carbons (Fsp3) is 0.929. The van der Waals surface area contributed by atoms with Crippen LogP contribution in [-0.2, 0) is 9.53 Å². The van der Waals surface area contributed by atoms with Gasteiger partial charge >= 0.3 is 0 Å². The van der Waals surface area contributed by atoms with Crippen molar-refractivity contribution >= 4 is 30.7 Å². The van der Waals surface area contributed by atoms with Crippen molar-refractivity contribution in [3.63, 3.8) is 0 Å². The first-order valence-corrected chi connectivity index (χ1v) is 7.62. The van der Waals surface area contributed by atoms with Crippen LogP contribution < -0.4 is 10.6 Å². The number of hydrogen-bond donors (Lipinski definition) is 2. The lowest BCUT2D eigenvalue weighted by atomic mass is 9.96. The van der Waals surface area contributed by atoms with E-state index >= 15 is 0 Å². The first-order valence-electron chi connectivity index (χ1n) is 7.62. The summed E-state index contributed by atoms with van der Waals surface area (Å²) in [6.07, 6.45) is 3.34. The van der Waals surface area contributed by atoms with Gasteiger partial charge < -0.3 is 15.4 Å². The van der Waals surface area contributed by atoms with E-state index in [2.05, 4.69) is 22.5 Å². The van der Waals surface area contributed by atoms with Gasteiger partial charge in [-0.2, -0.15) is 0 Å². The Morgan fingerprint density at radius 3 is 2.90 bits per heavy atom. The normalized spacial score (nSPS) is 26.3. The molecule has 2 unspecified atom stereocenters. The number of hydrogen-bond acceptors (Lipinski definition) is 4. The molecule has 2 aliphatic rings. The molecule has 0 spiro atoms. The molecule has 0 aliphatic carbocycles. The number of piperidine rings is 1. The summed E-state index contributed by atoms with van der Waals surface area (Å²) in [5.74, 6) is 0.774. The van der Waals surface area contributed by atoms with Crippen LogP contribution in [0.15, 0.2) is 0 Å². The van der Waals surface area contributed by atoms with Crippen LogP contribution in [0.25, 0.3) is 0 Å². The van der Waals surface area contributed by atoms with E-state index in [9.17, 15) is 4.79 Å². The zero-order chi connectivity index (χ0) is 13.5. The van der Waals surface area contributed by atoms with E-state index in [1.807, 2.05) is 0 Å². The molecule has 2 N–H and O–H groups in total. The van der Waals surface area contributed by atoms with Crippen LogP contribution in [0.4, 0.5) is 0 Å². The lowest BCUT2D eigenvalue weighted by molar-refractivity contribution is -0.138. The second-order valence-electron chi connectivity index (χ2n) is 5.54. The zero-order valence-electron chi connectivity index (χ0n) is 12.8. The molecule has 2 fully saturated rings. The number of nitrogens with zero attached hydrogens (tertiary/aromatic N) is 1. The van der Waals surface area contributed by atoms with E-state index in [1.54, 1.807) is 0 Å². The fourth-order valence-electron chi connectivity index (χ4n) is 2.83. The Kier molecular flexibility index (Phi) is 11.5. The van der Waals surface area contributed by atoms with Gasteiger partial charge in [-0.3, -0.25) is 9.69 Å². The Balaban J connectivity index is 0.00000200. The number of carbonyl (C=O) groups is 1. The quantitative estimate of drug-likeness (QED) is 0.784. The Bertz CT molecular complexity index is 289. The van der Waals surface area contributed by atoms with E-state index in [-0.39, 0.29) is 36.8 Å². The lowest BCUT2D eigenvalue weighted by Gasteiger charge is -2.31. The maximum Gasteiger partial charge on any atom is 0.250 e. The molecule has 2 aliphatic heterocycles.